The van der Waals surface area contributed by atoms with Crippen LogP contribution >= 0.6 is 0 Å². The predicted molar refractivity (Wildman–Crippen MR) is 114 cm³/mol. The van der Waals surface area contributed by atoms with Gasteiger partial charge < -0.3 is 14.0 Å². The summed E-state index contributed by atoms with van der Waals surface area (Å²) in [5, 5.41) is 0. The molecule has 0 aliphatic rings. The molecule has 0 bridgehead atoms. The van der Waals surface area contributed by atoms with Gasteiger partial charge in [0.15, 0.2) is 0 Å². The average molecular weight is 379 g/mol. The van der Waals surface area contributed by atoms with Crippen LogP contribution in [0.25, 0.3) is 0 Å². The minimum atomic E-state index is 0.725. The van der Waals surface area contributed by atoms with Gasteiger partial charge >= 0.3 is 0 Å². The number of aryl methyl sites for hydroxylation is 1. The summed E-state index contributed by atoms with van der Waals surface area (Å²) in [4.78, 5) is 2.44. The van der Waals surface area contributed by atoms with Gasteiger partial charge in [-0.1, -0.05) is 42.0 Å². The first-order chi connectivity index (χ1) is 13.7. The second-order valence-electron chi connectivity index (χ2n) is 7.17. The van der Waals surface area contributed by atoms with Crippen molar-refractivity contribution in [2.75, 3.05) is 27.4 Å². The smallest absolute Gasteiger partial charge is 0.119 e. The van der Waals surface area contributed by atoms with Crippen LogP contribution in [0.2, 0.25) is 0 Å². The van der Waals surface area contributed by atoms with Gasteiger partial charge in [0.1, 0.15) is 5.75 Å². The fourth-order valence-electron chi connectivity index (χ4n) is 3.33. The molecule has 0 fully saturated rings. The number of hydrogen-bond acceptors (Lipinski definition) is 3. The van der Waals surface area contributed by atoms with Gasteiger partial charge in [0.2, 0.25) is 0 Å². The number of hydrogen-bond donors (Lipinski definition) is 0. The third-order valence-electron chi connectivity index (χ3n) is 4.93. The molecule has 4 heteroatoms. The van der Waals surface area contributed by atoms with Gasteiger partial charge in [-0.3, -0.25) is 4.90 Å². The van der Waals surface area contributed by atoms with E-state index in [9.17, 15) is 0 Å². The number of benzene rings is 2. The van der Waals surface area contributed by atoms with E-state index in [2.05, 4.69) is 71.1 Å². The van der Waals surface area contributed by atoms with Gasteiger partial charge in [0, 0.05) is 45.2 Å². The molecule has 148 valence electrons. The van der Waals surface area contributed by atoms with Crippen molar-refractivity contribution in [3.63, 3.8) is 0 Å². The Balaban J connectivity index is 1.71. The maximum absolute atomic E-state index is 5.36. The standard InChI is InChI=1S/C24H30N2O2/c1-20-9-11-21(12-10-20)17-25(14-15-27-2)19-23-7-5-13-26(23)18-22-6-4-8-24(16-22)28-3/h4-13,16H,14-15,17-19H2,1-3H3. The van der Waals surface area contributed by atoms with E-state index >= 15 is 0 Å². The highest BCUT2D eigenvalue weighted by Gasteiger charge is 2.11. The van der Waals surface area contributed by atoms with Crippen LogP contribution in [0.15, 0.2) is 66.9 Å². The molecule has 0 saturated carbocycles. The molecule has 1 aromatic heterocycles. The number of aromatic nitrogens is 1. The van der Waals surface area contributed by atoms with Gasteiger partial charge in [-0.05, 0) is 42.3 Å². The van der Waals surface area contributed by atoms with Crippen LogP contribution in [0.4, 0.5) is 0 Å². The van der Waals surface area contributed by atoms with Gasteiger partial charge in [0.25, 0.3) is 0 Å². The van der Waals surface area contributed by atoms with Crippen LogP contribution in [0.5, 0.6) is 5.75 Å². The Kier molecular flexibility index (Phi) is 7.29. The molecule has 0 N–H and O–H groups in total. The summed E-state index contributed by atoms with van der Waals surface area (Å²) < 4.78 is 13.0. The topological polar surface area (TPSA) is 26.6 Å². The molecule has 1 heterocycles. The molecule has 3 aromatic rings. The van der Waals surface area contributed by atoms with E-state index in [1.165, 1.54) is 22.4 Å². The monoisotopic (exact) mass is 378 g/mol. The Morgan fingerprint density at radius 1 is 0.893 bits per heavy atom. The second-order valence-corrected chi connectivity index (χ2v) is 7.17. The lowest BCUT2D eigenvalue weighted by molar-refractivity contribution is 0.138. The maximum Gasteiger partial charge on any atom is 0.119 e. The lowest BCUT2D eigenvalue weighted by Crippen LogP contribution is -2.27. The van der Waals surface area contributed by atoms with Crippen molar-refractivity contribution in [3.05, 3.63) is 89.2 Å². The summed E-state index contributed by atoms with van der Waals surface area (Å²) in [7, 11) is 3.47. The summed E-state index contributed by atoms with van der Waals surface area (Å²) in [5.41, 5.74) is 5.15. The first kappa shape index (κ1) is 20.2. The van der Waals surface area contributed by atoms with Crippen molar-refractivity contribution in [3.8, 4) is 5.75 Å². The molecular formula is C24H30N2O2. The largest absolute Gasteiger partial charge is 0.497 e. The third-order valence-corrected chi connectivity index (χ3v) is 4.93. The van der Waals surface area contributed by atoms with Gasteiger partial charge in [-0.25, -0.2) is 0 Å². The second kappa shape index (κ2) is 10.1. The highest BCUT2D eigenvalue weighted by molar-refractivity contribution is 5.29. The Morgan fingerprint density at radius 3 is 2.46 bits per heavy atom. The molecular weight excluding hydrogens is 348 g/mol. The molecule has 3 rings (SSSR count). The minimum Gasteiger partial charge on any atom is -0.497 e. The molecule has 0 saturated heterocycles. The normalized spacial score (nSPS) is 11.1. The van der Waals surface area contributed by atoms with E-state index in [0.29, 0.717) is 0 Å². The summed E-state index contributed by atoms with van der Waals surface area (Å²) in [6.45, 7) is 6.37. The fourth-order valence-corrected chi connectivity index (χ4v) is 3.33. The lowest BCUT2D eigenvalue weighted by Gasteiger charge is -2.23. The van der Waals surface area contributed by atoms with Gasteiger partial charge in [-0.15, -0.1) is 0 Å². The summed E-state index contributed by atoms with van der Waals surface area (Å²) >= 11 is 0. The summed E-state index contributed by atoms with van der Waals surface area (Å²) in [6.07, 6.45) is 2.15. The van der Waals surface area contributed by atoms with Crippen LogP contribution < -0.4 is 4.74 Å². The van der Waals surface area contributed by atoms with Gasteiger partial charge in [0.05, 0.1) is 13.7 Å². The SMILES string of the molecule is COCCN(Cc1ccc(C)cc1)Cc1cccn1Cc1cccc(OC)c1. The van der Waals surface area contributed by atoms with Crippen molar-refractivity contribution < 1.29 is 9.47 Å². The highest BCUT2D eigenvalue weighted by Crippen LogP contribution is 2.17. The van der Waals surface area contributed by atoms with E-state index in [-0.39, 0.29) is 0 Å². The van der Waals surface area contributed by atoms with E-state index < -0.39 is 0 Å². The van der Waals surface area contributed by atoms with Crippen molar-refractivity contribution in [1.29, 1.82) is 0 Å². The van der Waals surface area contributed by atoms with E-state index in [0.717, 1.165) is 38.5 Å². The summed E-state index contributed by atoms with van der Waals surface area (Å²) in [6, 6.07) is 21.4. The molecule has 0 amide bonds. The first-order valence-electron chi connectivity index (χ1n) is 9.71. The van der Waals surface area contributed by atoms with Gasteiger partial charge in [-0.2, -0.15) is 0 Å². The van der Waals surface area contributed by atoms with Crippen LogP contribution in [0.1, 0.15) is 22.4 Å². The Labute approximate surface area is 168 Å². The van der Waals surface area contributed by atoms with Crippen molar-refractivity contribution in [2.45, 2.75) is 26.6 Å². The van der Waals surface area contributed by atoms with Crippen molar-refractivity contribution in [1.82, 2.24) is 9.47 Å². The minimum absolute atomic E-state index is 0.725. The zero-order valence-electron chi connectivity index (χ0n) is 17.1. The van der Waals surface area contributed by atoms with E-state index in [1.54, 1.807) is 14.2 Å². The van der Waals surface area contributed by atoms with E-state index in [4.69, 9.17) is 9.47 Å². The lowest BCUT2D eigenvalue weighted by atomic mass is 10.1. The molecule has 4 nitrogen and oxygen atoms in total. The Hall–Kier alpha value is -2.56. The third kappa shape index (κ3) is 5.72. The molecule has 0 aliphatic carbocycles. The number of ether oxygens (including phenoxy) is 2. The predicted octanol–water partition coefficient (Wildman–Crippen LogP) is 4.50. The molecule has 0 atom stereocenters. The van der Waals surface area contributed by atoms with Crippen LogP contribution in [0.3, 0.4) is 0 Å². The Bertz CT molecular complexity index is 855. The molecule has 28 heavy (non-hydrogen) atoms. The number of rotatable bonds is 10. The molecule has 0 radical (unpaired) electrons. The van der Waals surface area contributed by atoms with Crippen LogP contribution in [-0.2, 0) is 24.4 Å². The number of methoxy groups -OCH3 is 2. The highest BCUT2D eigenvalue weighted by atomic mass is 16.5. The molecule has 2 aromatic carbocycles. The average Bonchev–Trinajstić information content (AvgIpc) is 3.14. The van der Waals surface area contributed by atoms with Crippen LogP contribution in [0, 0.1) is 6.92 Å². The zero-order valence-corrected chi connectivity index (χ0v) is 17.1. The quantitative estimate of drug-likeness (QED) is 0.520. The van der Waals surface area contributed by atoms with Crippen molar-refractivity contribution >= 4 is 0 Å². The van der Waals surface area contributed by atoms with E-state index in [1.807, 2.05) is 12.1 Å². The molecule has 0 aliphatic heterocycles. The molecule has 0 unspecified atom stereocenters. The maximum atomic E-state index is 5.36. The summed E-state index contributed by atoms with van der Waals surface area (Å²) in [5.74, 6) is 0.896. The first-order valence-corrected chi connectivity index (χ1v) is 9.71. The van der Waals surface area contributed by atoms with Crippen LogP contribution in [-0.4, -0.2) is 36.8 Å². The fraction of sp³-hybridized carbons (Fsp3) is 0.333. The molecule has 0 spiro atoms. The zero-order chi connectivity index (χ0) is 19.8. The number of nitrogens with zero attached hydrogens (tertiary/aromatic N) is 2. The van der Waals surface area contributed by atoms with Crippen molar-refractivity contribution in [2.24, 2.45) is 0 Å². The Morgan fingerprint density at radius 2 is 1.71 bits per heavy atom.